The van der Waals surface area contributed by atoms with E-state index >= 15 is 0 Å². The number of aromatic amines is 1. The Hall–Kier alpha value is -5.22. The van der Waals surface area contributed by atoms with Gasteiger partial charge in [0.2, 0.25) is 0 Å². The highest BCUT2D eigenvalue weighted by Gasteiger charge is 2.31. The van der Waals surface area contributed by atoms with Crippen molar-refractivity contribution in [2.75, 3.05) is 49.6 Å². The number of benzene rings is 3. The highest BCUT2D eigenvalue weighted by Crippen LogP contribution is 2.44. The van der Waals surface area contributed by atoms with Crippen molar-refractivity contribution in [3.05, 3.63) is 123 Å². The first-order valence-corrected chi connectivity index (χ1v) is 26.9. The summed E-state index contributed by atoms with van der Waals surface area (Å²) in [6.45, 7) is 8.63. The number of ether oxygens (including phenoxy) is 1. The first kappa shape index (κ1) is 47.3. The van der Waals surface area contributed by atoms with E-state index in [0.29, 0.717) is 47.4 Å². The maximum Gasteiger partial charge on any atom is 0.273 e. The fraction of sp³-hybridized carbons (Fsp3) is 0.420. The SMILES string of the molecule is C=S(C)(=O)CC1CCC(CCc2ccc(S(=O)(=O)NC(=O)c3ccc(N4CCN(CC5=C(c6ccc(Cl)cc6)CC(C)(C)CC5)CC4)cc3Oc3cnc4[nH]ccc4c3)cc2[N+](=O)[O-])CC1. The Labute approximate surface area is 393 Å². The molecule has 2 aromatic heterocycles. The van der Waals surface area contributed by atoms with Gasteiger partial charge in [-0.05, 0) is 131 Å². The number of carbonyl (C=O) groups excluding carboxylic acids is 1. The number of H-pyrrole nitrogens is 1. The minimum Gasteiger partial charge on any atom is -0.455 e. The summed E-state index contributed by atoms with van der Waals surface area (Å²) in [5, 5.41) is 13.8. The number of sulfonamides is 1. The van der Waals surface area contributed by atoms with E-state index in [1.165, 1.54) is 35.0 Å². The molecular weight excluding hydrogens is 896 g/mol. The lowest BCUT2D eigenvalue weighted by Crippen LogP contribution is -2.47. The number of nitrogens with one attached hydrogen (secondary N) is 2. The van der Waals surface area contributed by atoms with Crippen molar-refractivity contribution in [1.82, 2.24) is 19.6 Å². The van der Waals surface area contributed by atoms with E-state index in [-0.39, 0.29) is 22.4 Å². The molecule has 1 aliphatic heterocycles. The number of aromatic nitrogens is 2. The van der Waals surface area contributed by atoms with Crippen LogP contribution in [0.2, 0.25) is 5.02 Å². The molecular formula is C50H59ClN6O7S2. The number of nitro benzene ring substituents is 1. The molecule has 1 saturated carbocycles. The number of aryl methyl sites for hydroxylation is 1. The van der Waals surface area contributed by atoms with Crippen molar-refractivity contribution in [2.24, 2.45) is 17.3 Å². The fourth-order valence-electron chi connectivity index (χ4n) is 9.85. The van der Waals surface area contributed by atoms with Crippen LogP contribution in [0.3, 0.4) is 0 Å². The van der Waals surface area contributed by atoms with Crippen LogP contribution in [0.15, 0.2) is 95.7 Å². The molecule has 1 amide bonds. The Kier molecular flexibility index (Phi) is 14.0. The van der Waals surface area contributed by atoms with Gasteiger partial charge in [0.1, 0.15) is 17.1 Å². The van der Waals surface area contributed by atoms with E-state index in [4.69, 9.17) is 16.3 Å². The zero-order valence-electron chi connectivity index (χ0n) is 37.9. The second-order valence-corrected chi connectivity index (χ2v) is 24.1. The van der Waals surface area contributed by atoms with Crippen LogP contribution in [0.1, 0.15) is 86.7 Å². The third kappa shape index (κ3) is 11.7. The van der Waals surface area contributed by atoms with Gasteiger partial charge in [0, 0.05) is 84.7 Å². The van der Waals surface area contributed by atoms with Crippen molar-refractivity contribution in [2.45, 2.75) is 76.5 Å². The van der Waals surface area contributed by atoms with Gasteiger partial charge in [0.15, 0.2) is 0 Å². The van der Waals surface area contributed by atoms with Crippen molar-refractivity contribution >= 4 is 70.9 Å². The van der Waals surface area contributed by atoms with Gasteiger partial charge in [-0.3, -0.25) is 24.0 Å². The molecule has 1 saturated heterocycles. The Balaban J connectivity index is 0.974. The van der Waals surface area contributed by atoms with Gasteiger partial charge in [0.05, 0.1) is 21.6 Å². The number of pyridine rings is 1. The Morgan fingerprint density at radius 2 is 1.71 bits per heavy atom. The molecule has 0 radical (unpaired) electrons. The highest BCUT2D eigenvalue weighted by molar-refractivity contribution is 7.99. The van der Waals surface area contributed by atoms with E-state index in [2.05, 4.69) is 56.3 Å². The molecule has 1 atom stereocenters. The molecule has 2 fully saturated rings. The van der Waals surface area contributed by atoms with Crippen molar-refractivity contribution in [3.63, 3.8) is 0 Å². The molecule has 2 N–H and O–H groups in total. The average molecular weight is 956 g/mol. The number of halogens is 1. The summed E-state index contributed by atoms with van der Waals surface area (Å²) in [5.41, 5.74) is 5.88. The topological polar surface area (TPSA) is 168 Å². The van der Waals surface area contributed by atoms with E-state index in [1.54, 1.807) is 36.7 Å². The normalized spacial score (nSPS) is 20.2. The lowest BCUT2D eigenvalue weighted by Gasteiger charge is -2.39. The summed E-state index contributed by atoms with van der Waals surface area (Å²) in [5.74, 6) is 4.68. The molecule has 1 unspecified atom stereocenters. The molecule has 3 heterocycles. The minimum atomic E-state index is -4.56. The van der Waals surface area contributed by atoms with Crippen molar-refractivity contribution in [3.8, 4) is 11.5 Å². The predicted octanol–water partition coefficient (Wildman–Crippen LogP) is 9.91. The average Bonchev–Trinajstić information content (AvgIpc) is 3.75. The third-order valence-corrected chi connectivity index (χ3v) is 16.3. The van der Waals surface area contributed by atoms with Crippen LogP contribution in [0.5, 0.6) is 11.5 Å². The van der Waals surface area contributed by atoms with Crippen LogP contribution < -0.4 is 14.4 Å². The lowest BCUT2D eigenvalue weighted by atomic mass is 9.72. The molecule has 350 valence electrons. The Morgan fingerprint density at radius 1 is 0.985 bits per heavy atom. The van der Waals surface area contributed by atoms with Crippen molar-refractivity contribution in [1.29, 1.82) is 0 Å². The van der Waals surface area contributed by atoms with Gasteiger partial charge in [-0.25, -0.2) is 18.1 Å². The summed E-state index contributed by atoms with van der Waals surface area (Å²) in [4.78, 5) is 37.5. The molecule has 0 bridgehead atoms. The highest BCUT2D eigenvalue weighted by atomic mass is 35.5. The smallest absolute Gasteiger partial charge is 0.273 e. The number of hydrogen-bond donors (Lipinski definition) is 2. The number of fused-ring (bicyclic) bond motifs is 1. The molecule has 66 heavy (non-hydrogen) atoms. The van der Waals surface area contributed by atoms with E-state index in [0.717, 1.165) is 99.8 Å². The van der Waals surface area contributed by atoms with Crippen LogP contribution in [-0.4, -0.2) is 88.9 Å². The standard InChI is InChI=1S/C50H59ClN6O7S2/c1-50(2)21-19-39(45(30-50)36-11-14-40(51)15-12-36)32-55-23-25-56(26-24-55)41-16-18-44(47(28-41)64-42-27-38-20-22-52-48(38)53-31-42)49(58)54-66(62,63)43-17-13-37(46(29-43)57(59)60)10-9-34-5-7-35(8-6-34)33-65(3,4)61/h11-18,20,22,27-29,31,34-35H,3,5-10,19,21,23-26,30,32-33H2,1-2,4H3,(H,52,53)(H,54,58). The van der Waals surface area contributed by atoms with Gasteiger partial charge in [-0.15, -0.1) is 0 Å². The number of nitro groups is 1. The number of piperazine rings is 1. The summed E-state index contributed by atoms with van der Waals surface area (Å²) >= 11 is 6.25. The van der Waals surface area contributed by atoms with Gasteiger partial charge >= 0.3 is 0 Å². The van der Waals surface area contributed by atoms with Crippen LogP contribution >= 0.6 is 11.6 Å². The number of allylic oxidation sites excluding steroid dienone is 1. The zero-order chi connectivity index (χ0) is 46.8. The lowest BCUT2D eigenvalue weighted by molar-refractivity contribution is -0.385. The number of rotatable bonds is 15. The second kappa shape index (κ2) is 19.6. The van der Waals surface area contributed by atoms with Crippen LogP contribution in [0.4, 0.5) is 11.4 Å². The monoisotopic (exact) mass is 954 g/mol. The maximum atomic E-state index is 14.0. The molecule has 0 spiro atoms. The largest absolute Gasteiger partial charge is 0.455 e. The number of amides is 1. The third-order valence-electron chi connectivity index (χ3n) is 13.5. The molecule has 5 aromatic rings. The number of carbonyl (C=O) groups is 1. The minimum absolute atomic E-state index is 0.0330. The summed E-state index contributed by atoms with van der Waals surface area (Å²) < 4.78 is 48.3. The predicted molar refractivity (Wildman–Crippen MR) is 265 cm³/mol. The molecule has 2 aliphatic carbocycles. The van der Waals surface area contributed by atoms with E-state index in [1.807, 2.05) is 18.2 Å². The fourth-order valence-corrected chi connectivity index (χ4v) is 12.3. The zero-order valence-corrected chi connectivity index (χ0v) is 40.3. The summed E-state index contributed by atoms with van der Waals surface area (Å²) in [6, 6.07) is 20.7. The van der Waals surface area contributed by atoms with Gasteiger partial charge in [0.25, 0.3) is 21.6 Å². The number of nitrogens with zero attached hydrogens (tertiary/aromatic N) is 4. The Morgan fingerprint density at radius 3 is 2.42 bits per heavy atom. The van der Waals surface area contributed by atoms with Crippen LogP contribution in [0, 0.1) is 27.4 Å². The van der Waals surface area contributed by atoms with Gasteiger partial charge in [-0.2, -0.15) is 0 Å². The van der Waals surface area contributed by atoms with Crippen LogP contribution in [0.25, 0.3) is 16.6 Å². The summed E-state index contributed by atoms with van der Waals surface area (Å²) in [6.07, 6.45) is 13.1. The van der Waals surface area contributed by atoms with Gasteiger partial charge in [-0.1, -0.05) is 62.1 Å². The molecule has 3 aliphatic rings. The first-order valence-electron chi connectivity index (χ1n) is 22.7. The first-order chi connectivity index (χ1) is 31.4. The van der Waals surface area contributed by atoms with Gasteiger partial charge < -0.3 is 14.6 Å². The molecule has 8 rings (SSSR count). The second-order valence-electron chi connectivity index (χ2n) is 19.3. The van der Waals surface area contributed by atoms with Crippen LogP contribution in [-0.2, 0) is 26.0 Å². The summed E-state index contributed by atoms with van der Waals surface area (Å²) in [7, 11) is -6.62. The molecule has 3 aromatic carbocycles. The maximum absolute atomic E-state index is 14.0. The van der Waals surface area contributed by atoms with Crippen molar-refractivity contribution < 1.29 is 27.1 Å². The number of hydrogen-bond acceptors (Lipinski definition) is 10. The number of anilines is 1. The Bertz CT molecular complexity index is 2860. The van der Waals surface area contributed by atoms with E-state index < -0.39 is 35.3 Å². The van der Waals surface area contributed by atoms with E-state index in [9.17, 15) is 27.5 Å². The molecule has 16 heteroatoms. The molecule has 13 nitrogen and oxygen atoms in total. The quantitative estimate of drug-likeness (QED) is 0.0586.